The molecule has 0 saturated carbocycles. The summed E-state index contributed by atoms with van der Waals surface area (Å²) in [5.41, 5.74) is 1.14. The lowest BCUT2D eigenvalue weighted by atomic mass is 9.93. The zero-order valence-corrected chi connectivity index (χ0v) is 20.3. The van der Waals surface area contributed by atoms with E-state index in [0.29, 0.717) is 22.8 Å². The largest absolute Gasteiger partial charge is 0.389 e. The molecular weight excluding hydrogens is 414 g/mol. The zero-order valence-electron chi connectivity index (χ0n) is 18.7. The summed E-state index contributed by atoms with van der Waals surface area (Å²) in [5.74, 6) is 1.51. The Morgan fingerprint density at radius 2 is 1.90 bits per heavy atom. The van der Waals surface area contributed by atoms with Gasteiger partial charge in [-0.1, -0.05) is 101 Å². The highest BCUT2D eigenvalue weighted by molar-refractivity contribution is 8.23. The Bertz CT molecular complexity index is 720. The van der Waals surface area contributed by atoms with Crippen LogP contribution in [0.15, 0.2) is 42.5 Å². The van der Waals surface area contributed by atoms with E-state index in [2.05, 4.69) is 46.8 Å². The number of aliphatic hydroxyl groups is 1. The number of ether oxygens (including phenoxy) is 1. The molecule has 1 saturated heterocycles. The number of amides is 1. The van der Waals surface area contributed by atoms with E-state index in [1.54, 1.807) is 22.7 Å². The van der Waals surface area contributed by atoms with Gasteiger partial charge >= 0.3 is 0 Å². The van der Waals surface area contributed by atoms with Crippen LogP contribution in [0.3, 0.4) is 0 Å². The maximum absolute atomic E-state index is 12.7. The fourth-order valence-corrected chi connectivity index (χ4v) is 5.35. The van der Waals surface area contributed by atoms with Gasteiger partial charge in [-0.05, 0) is 17.4 Å². The van der Waals surface area contributed by atoms with Crippen molar-refractivity contribution in [2.24, 2.45) is 17.8 Å². The third kappa shape index (κ3) is 7.19. The number of aliphatic hydroxyl groups excluding tert-OH is 1. The number of nitrogens with zero attached hydrogens (tertiary/aromatic N) is 1. The maximum Gasteiger partial charge on any atom is 0.231 e. The molecule has 1 amide bonds. The van der Waals surface area contributed by atoms with Gasteiger partial charge in [0.1, 0.15) is 4.32 Å². The Morgan fingerprint density at radius 1 is 1.23 bits per heavy atom. The highest BCUT2D eigenvalue weighted by Crippen LogP contribution is 2.29. The van der Waals surface area contributed by atoms with Gasteiger partial charge < -0.3 is 9.84 Å². The molecule has 1 fully saturated rings. The van der Waals surface area contributed by atoms with Crippen molar-refractivity contribution in [2.75, 3.05) is 5.75 Å². The van der Waals surface area contributed by atoms with Crippen LogP contribution in [0.2, 0.25) is 0 Å². The van der Waals surface area contributed by atoms with Crippen LogP contribution in [0, 0.1) is 17.8 Å². The van der Waals surface area contributed by atoms with Crippen molar-refractivity contribution in [3.8, 4) is 0 Å². The third-order valence-electron chi connectivity index (χ3n) is 5.43. The normalized spacial score (nSPS) is 20.3. The molecule has 0 radical (unpaired) electrons. The van der Waals surface area contributed by atoms with Crippen molar-refractivity contribution in [2.45, 2.75) is 65.9 Å². The number of rotatable bonds is 10. The SMILES string of the molecule is CC(C)[C@H]1CSC(=S)N1C(=O)C[C@@H](O)/C=C/[C@H](C)[C@@H](OCc1ccccc1)C(C)C. The third-order valence-corrected chi connectivity index (χ3v) is 6.93. The lowest BCUT2D eigenvalue weighted by Crippen LogP contribution is -2.42. The molecule has 1 N–H and O–H groups in total. The summed E-state index contributed by atoms with van der Waals surface area (Å²) < 4.78 is 6.80. The summed E-state index contributed by atoms with van der Waals surface area (Å²) in [6, 6.07) is 10.2. The molecular formula is C24H35NO3S2. The van der Waals surface area contributed by atoms with Gasteiger partial charge in [-0.3, -0.25) is 9.69 Å². The molecule has 6 heteroatoms. The number of thiocarbonyl (C=S) groups is 1. The van der Waals surface area contributed by atoms with Crippen molar-refractivity contribution >= 4 is 34.2 Å². The van der Waals surface area contributed by atoms with Crippen molar-refractivity contribution in [3.63, 3.8) is 0 Å². The number of hydrogen-bond acceptors (Lipinski definition) is 5. The van der Waals surface area contributed by atoms with E-state index < -0.39 is 6.10 Å². The first-order chi connectivity index (χ1) is 14.2. The standard InChI is InChI=1S/C24H35NO3S2/c1-16(2)21-15-30-24(29)25(21)22(27)13-20(26)12-11-18(5)23(17(3)4)28-14-19-9-7-6-8-10-19/h6-12,16-18,20-21,23,26H,13-15H2,1-5H3/b12-11+/t18-,20-,21+,23-/m0/s1. The average Bonchev–Trinajstić information content (AvgIpc) is 3.09. The van der Waals surface area contributed by atoms with Gasteiger partial charge in [-0.2, -0.15) is 0 Å². The van der Waals surface area contributed by atoms with Crippen molar-refractivity contribution < 1.29 is 14.6 Å². The minimum atomic E-state index is -0.830. The van der Waals surface area contributed by atoms with E-state index >= 15 is 0 Å². The van der Waals surface area contributed by atoms with E-state index in [1.165, 1.54) is 0 Å². The van der Waals surface area contributed by atoms with Crippen molar-refractivity contribution in [3.05, 3.63) is 48.0 Å². The Kier molecular flexibility index (Phi) is 10.0. The Labute approximate surface area is 191 Å². The first kappa shape index (κ1) is 25.1. The minimum Gasteiger partial charge on any atom is -0.389 e. The summed E-state index contributed by atoms with van der Waals surface area (Å²) in [7, 11) is 0. The first-order valence-electron chi connectivity index (χ1n) is 10.7. The monoisotopic (exact) mass is 449 g/mol. The lowest BCUT2D eigenvalue weighted by molar-refractivity contribution is -0.130. The van der Waals surface area contributed by atoms with Crippen LogP contribution < -0.4 is 0 Å². The van der Waals surface area contributed by atoms with Crippen LogP contribution in [0.4, 0.5) is 0 Å². The fraction of sp³-hybridized carbons (Fsp3) is 0.583. The number of benzene rings is 1. The second-order valence-corrected chi connectivity index (χ2v) is 10.3. The number of carbonyl (C=O) groups excluding carboxylic acids is 1. The van der Waals surface area contributed by atoms with E-state index in [-0.39, 0.29) is 30.4 Å². The van der Waals surface area contributed by atoms with Gasteiger partial charge in [0.05, 0.1) is 25.2 Å². The Morgan fingerprint density at radius 3 is 2.50 bits per heavy atom. The molecule has 0 aromatic heterocycles. The second kappa shape index (κ2) is 12.0. The molecule has 0 bridgehead atoms. The van der Waals surface area contributed by atoms with Crippen molar-refractivity contribution in [1.82, 2.24) is 4.90 Å². The summed E-state index contributed by atoms with van der Waals surface area (Å²) in [6.45, 7) is 11.1. The van der Waals surface area contributed by atoms with Crippen LogP contribution in [0.25, 0.3) is 0 Å². The molecule has 0 aliphatic carbocycles. The molecule has 0 spiro atoms. The van der Waals surface area contributed by atoms with E-state index in [9.17, 15) is 9.90 Å². The van der Waals surface area contributed by atoms with Gasteiger partial charge in [0.2, 0.25) is 5.91 Å². The molecule has 1 aliphatic heterocycles. The van der Waals surface area contributed by atoms with Gasteiger partial charge in [0.15, 0.2) is 0 Å². The van der Waals surface area contributed by atoms with Gasteiger partial charge in [-0.15, -0.1) is 0 Å². The predicted octanol–water partition coefficient (Wildman–Crippen LogP) is 5.06. The highest BCUT2D eigenvalue weighted by Gasteiger charge is 2.36. The van der Waals surface area contributed by atoms with E-state index in [4.69, 9.17) is 17.0 Å². The van der Waals surface area contributed by atoms with Crippen molar-refractivity contribution in [1.29, 1.82) is 0 Å². The molecule has 30 heavy (non-hydrogen) atoms. The van der Waals surface area contributed by atoms with Crippen LogP contribution >= 0.6 is 24.0 Å². The lowest BCUT2D eigenvalue weighted by Gasteiger charge is -2.27. The van der Waals surface area contributed by atoms with Crippen LogP contribution in [0.1, 0.15) is 46.6 Å². The second-order valence-electron chi connectivity index (χ2n) is 8.67. The summed E-state index contributed by atoms with van der Waals surface area (Å²) in [6.07, 6.45) is 2.93. The van der Waals surface area contributed by atoms with Gasteiger partial charge in [0, 0.05) is 17.7 Å². The average molecular weight is 450 g/mol. The quantitative estimate of drug-likeness (QED) is 0.400. The molecule has 1 heterocycles. The van der Waals surface area contributed by atoms with Crippen LogP contribution in [-0.2, 0) is 16.1 Å². The van der Waals surface area contributed by atoms with E-state index in [0.717, 1.165) is 11.3 Å². The van der Waals surface area contributed by atoms with Gasteiger partial charge in [0.25, 0.3) is 0 Å². The Hall–Kier alpha value is -1.21. The first-order valence-corrected chi connectivity index (χ1v) is 12.1. The number of carbonyl (C=O) groups is 1. The maximum atomic E-state index is 12.7. The topological polar surface area (TPSA) is 49.8 Å². The number of hydrogen-bond donors (Lipinski definition) is 1. The van der Waals surface area contributed by atoms with Gasteiger partial charge in [-0.25, -0.2) is 0 Å². The van der Waals surface area contributed by atoms with Crippen LogP contribution in [-0.4, -0.2) is 44.2 Å². The highest BCUT2D eigenvalue weighted by atomic mass is 32.2. The van der Waals surface area contributed by atoms with Crippen LogP contribution in [0.5, 0.6) is 0 Å². The fourth-order valence-electron chi connectivity index (χ4n) is 3.69. The van der Waals surface area contributed by atoms with E-state index in [1.807, 2.05) is 24.3 Å². The summed E-state index contributed by atoms with van der Waals surface area (Å²) in [5, 5.41) is 10.4. The predicted molar refractivity (Wildman–Crippen MR) is 129 cm³/mol. The number of thioether (sulfide) groups is 1. The zero-order chi connectivity index (χ0) is 22.3. The molecule has 1 aromatic rings. The molecule has 1 aromatic carbocycles. The molecule has 2 rings (SSSR count). The summed E-state index contributed by atoms with van der Waals surface area (Å²) >= 11 is 6.90. The smallest absolute Gasteiger partial charge is 0.231 e. The Balaban J connectivity index is 1.91. The molecule has 1 aliphatic rings. The molecule has 166 valence electrons. The molecule has 4 atom stereocenters. The molecule has 4 nitrogen and oxygen atoms in total. The summed E-state index contributed by atoms with van der Waals surface area (Å²) in [4.78, 5) is 14.4. The minimum absolute atomic E-state index is 0.0252. The molecule has 0 unspecified atom stereocenters.